The molecule has 0 aliphatic rings. The van der Waals surface area contributed by atoms with Crippen LogP contribution in [0.5, 0.6) is 0 Å². The third kappa shape index (κ3) is 2.67. The van der Waals surface area contributed by atoms with Gasteiger partial charge in [-0.25, -0.2) is 9.97 Å². The first-order valence-electron chi connectivity index (χ1n) is 5.60. The molecule has 3 nitrogen and oxygen atoms in total. The van der Waals surface area contributed by atoms with Crippen molar-refractivity contribution in [2.45, 2.75) is 13.1 Å². The summed E-state index contributed by atoms with van der Waals surface area (Å²) in [4.78, 5) is 8.07. The van der Waals surface area contributed by atoms with Crippen molar-refractivity contribution in [1.29, 1.82) is 0 Å². The van der Waals surface area contributed by atoms with E-state index in [1.165, 1.54) is 12.4 Å². The molecule has 100 valence electrons. The highest BCUT2D eigenvalue weighted by Gasteiger charge is 2.30. The molecule has 2 aromatic rings. The number of anilines is 1. The van der Waals surface area contributed by atoms with E-state index in [1.54, 1.807) is 20.0 Å². The van der Waals surface area contributed by atoms with E-state index in [0.717, 1.165) is 12.1 Å². The van der Waals surface area contributed by atoms with E-state index < -0.39 is 11.7 Å². The number of hydrogen-bond donors (Lipinski definition) is 1. The zero-order valence-corrected chi connectivity index (χ0v) is 10.4. The van der Waals surface area contributed by atoms with Crippen LogP contribution in [0.3, 0.4) is 0 Å². The Morgan fingerprint density at radius 3 is 2.53 bits per heavy atom. The molecule has 1 N–H and O–H groups in total. The van der Waals surface area contributed by atoms with Gasteiger partial charge in [-0.15, -0.1) is 0 Å². The van der Waals surface area contributed by atoms with E-state index >= 15 is 0 Å². The van der Waals surface area contributed by atoms with Gasteiger partial charge in [-0.05, 0) is 19.1 Å². The van der Waals surface area contributed by atoms with Gasteiger partial charge in [0.15, 0.2) is 0 Å². The molecule has 1 aromatic heterocycles. The quantitative estimate of drug-likeness (QED) is 0.904. The van der Waals surface area contributed by atoms with E-state index in [9.17, 15) is 13.2 Å². The van der Waals surface area contributed by atoms with Crippen LogP contribution < -0.4 is 5.32 Å². The van der Waals surface area contributed by atoms with Crippen molar-refractivity contribution in [2.75, 3.05) is 12.4 Å². The lowest BCUT2D eigenvalue weighted by atomic mass is 10.0. The SMILES string of the molecule is CNc1ncnc(-c2cccc(C(F)(F)F)c2)c1C. The lowest BCUT2D eigenvalue weighted by molar-refractivity contribution is -0.137. The molecule has 0 fully saturated rings. The second kappa shape index (κ2) is 4.87. The Bertz CT molecular complexity index is 594. The first kappa shape index (κ1) is 13.3. The normalized spacial score (nSPS) is 11.4. The number of hydrogen-bond acceptors (Lipinski definition) is 3. The third-order valence-electron chi connectivity index (χ3n) is 2.78. The molecule has 0 aliphatic heterocycles. The zero-order chi connectivity index (χ0) is 14.0. The molecule has 1 aromatic carbocycles. The Morgan fingerprint density at radius 2 is 1.89 bits per heavy atom. The first-order valence-corrected chi connectivity index (χ1v) is 5.60. The van der Waals surface area contributed by atoms with Crippen molar-refractivity contribution in [2.24, 2.45) is 0 Å². The van der Waals surface area contributed by atoms with Gasteiger partial charge in [0.2, 0.25) is 0 Å². The van der Waals surface area contributed by atoms with Gasteiger partial charge in [-0.3, -0.25) is 0 Å². The first-order chi connectivity index (χ1) is 8.93. The van der Waals surface area contributed by atoms with E-state index in [-0.39, 0.29) is 0 Å². The predicted octanol–water partition coefficient (Wildman–Crippen LogP) is 3.51. The Labute approximate surface area is 108 Å². The fourth-order valence-electron chi connectivity index (χ4n) is 1.84. The monoisotopic (exact) mass is 267 g/mol. The number of nitrogens with zero attached hydrogens (tertiary/aromatic N) is 2. The topological polar surface area (TPSA) is 37.8 Å². The molecule has 0 saturated carbocycles. The number of rotatable bonds is 2. The molecule has 2 rings (SSSR count). The minimum absolute atomic E-state index is 0.422. The van der Waals surface area contributed by atoms with Crippen LogP contribution >= 0.6 is 0 Å². The van der Waals surface area contributed by atoms with Crippen LogP contribution in [0.15, 0.2) is 30.6 Å². The lowest BCUT2D eigenvalue weighted by Gasteiger charge is -2.11. The van der Waals surface area contributed by atoms with Crippen LogP contribution in [0.25, 0.3) is 11.3 Å². The average molecular weight is 267 g/mol. The number of benzene rings is 1. The predicted molar refractivity (Wildman–Crippen MR) is 66.8 cm³/mol. The summed E-state index contributed by atoms with van der Waals surface area (Å²) in [6.07, 6.45) is -3.03. The van der Waals surface area contributed by atoms with E-state index in [2.05, 4.69) is 15.3 Å². The van der Waals surface area contributed by atoms with Crippen molar-refractivity contribution in [3.8, 4) is 11.3 Å². The molecule has 0 aliphatic carbocycles. The van der Waals surface area contributed by atoms with Gasteiger partial charge < -0.3 is 5.32 Å². The van der Waals surface area contributed by atoms with Crippen LogP contribution in [-0.4, -0.2) is 17.0 Å². The van der Waals surface area contributed by atoms with Crippen LogP contribution in [-0.2, 0) is 6.18 Å². The van der Waals surface area contributed by atoms with E-state index in [0.29, 0.717) is 22.6 Å². The molecule has 0 atom stereocenters. The third-order valence-corrected chi connectivity index (χ3v) is 2.78. The van der Waals surface area contributed by atoms with Crippen LogP contribution in [0.2, 0.25) is 0 Å². The van der Waals surface area contributed by atoms with Crippen molar-refractivity contribution in [1.82, 2.24) is 9.97 Å². The summed E-state index contributed by atoms with van der Waals surface area (Å²) in [5, 5.41) is 2.88. The molecule has 6 heteroatoms. The van der Waals surface area contributed by atoms with Crippen molar-refractivity contribution in [3.63, 3.8) is 0 Å². The number of nitrogens with one attached hydrogen (secondary N) is 1. The zero-order valence-electron chi connectivity index (χ0n) is 10.4. The van der Waals surface area contributed by atoms with Crippen LogP contribution in [0.1, 0.15) is 11.1 Å². The van der Waals surface area contributed by atoms with Gasteiger partial charge >= 0.3 is 6.18 Å². The highest BCUT2D eigenvalue weighted by molar-refractivity contribution is 5.68. The highest BCUT2D eigenvalue weighted by Crippen LogP contribution is 2.33. The molecule has 0 radical (unpaired) electrons. The number of halogens is 3. The van der Waals surface area contributed by atoms with Crippen molar-refractivity contribution in [3.05, 3.63) is 41.7 Å². The fourth-order valence-corrected chi connectivity index (χ4v) is 1.84. The smallest absolute Gasteiger partial charge is 0.373 e. The van der Waals surface area contributed by atoms with Gasteiger partial charge in [-0.1, -0.05) is 12.1 Å². The Balaban J connectivity index is 2.54. The maximum Gasteiger partial charge on any atom is 0.416 e. The van der Waals surface area contributed by atoms with E-state index in [1.807, 2.05) is 0 Å². The lowest BCUT2D eigenvalue weighted by Crippen LogP contribution is -2.05. The van der Waals surface area contributed by atoms with Crippen LogP contribution in [0, 0.1) is 6.92 Å². The van der Waals surface area contributed by atoms with Gasteiger partial charge in [0.25, 0.3) is 0 Å². The Morgan fingerprint density at radius 1 is 1.16 bits per heavy atom. The second-order valence-corrected chi connectivity index (χ2v) is 4.02. The summed E-state index contributed by atoms with van der Waals surface area (Å²) in [6.45, 7) is 1.77. The summed E-state index contributed by atoms with van der Waals surface area (Å²) in [6, 6.07) is 5.11. The Hall–Kier alpha value is -2.11. The Kier molecular flexibility index (Phi) is 3.42. The maximum atomic E-state index is 12.7. The second-order valence-electron chi connectivity index (χ2n) is 4.02. The molecule has 1 heterocycles. The molecule has 0 saturated heterocycles. The van der Waals surface area contributed by atoms with Gasteiger partial charge in [0, 0.05) is 18.2 Å². The summed E-state index contributed by atoms with van der Waals surface area (Å²) in [5.74, 6) is 0.599. The molecule has 0 unspecified atom stereocenters. The number of alkyl halides is 3. The summed E-state index contributed by atoms with van der Waals surface area (Å²) in [5.41, 5.74) is 0.940. The van der Waals surface area contributed by atoms with E-state index in [4.69, 9.17) is 0 Å². The summed E-state index contributed by atoms with van der Waals surface area (Å²) < 4.78 is 38.1. The summed E-state index contributed by atoms with van der Waals surface area (Å²) >= 11 is 0. The standard InChI is InChI=1S/C13H12F3N3/c1-8-11(18-7-19-12(8)17-2)9-4-3-5-10(6-9)13(14,15)16/h3-7H,1-2H3,(H,17,18,19). The molecular weight excluding hydrogens is 255 g/mol. The van der Waals surface area contributed by atoms with Gasteiger partial charge in [0.1, 0.15) is 12.1 Å². The molecule has 0 amide bonds. The average Bonchev–Trinajstić information content (AvgIpc) is 2.38. The van der Waals surface area contributed by atoms with Crippen molar-refractivity contribution < 1.29 is 13.2 Å². The van der Waals surface area contributed by atoms with Gasteiger partial charge in [-0.2, -0.15) is 13.2 Å². The molecular formula is C13H12F3N3. The molecule has 0 bridgehead atoms. The molecule has 0 spiro atoms. The minimum Gasteiger partial charge on any atom is -0.373 e. The number of aromatic nitrogens is 2. The maximum absolute atomic E-state index is 12.7. The van der Waals surface area contributed by atoms with Crippen LogP contribution in [0.4, 0.5) is 19.0 Å². The van der Waals surface area contributed by atoms with Crippen molar-refractivity contribution >= 4 is 5.82 Å². The molecule has 19 heavy (non-hydrogen) atoms. The largest absolute Gasteiger partial charge is 0.416 e. The highest BCUT2D eigenvalue weighted by atomic mass is 19.4. The van der Waals surface area contributed by atoms with Gasteiger partial charge in [0.05, 0.1) is 11.3 Å². The fraction of sp³-hybridized carbons (Fsp3) is 0.231. The summed E-state index contributed by atoms with van der Waals surface area (Å²) in [7, 11) is 1.70. The minimum atomic E-state index is -4.36.